The maximum atomic E-state index is 9.51. The maximum Gasteiger partial charge on any atom is 0.121 e. The Bertz CT molecular complexity index is 281. The highest BCUT2D eigenvalue weighted by atomic mass is 16.5. The minimum Gasteiger partial charge on any atom is -0.508 e. The lowest BCUT2D eigenvalue weighted by Crippen LogP contribution is -2.00. The molecule has 0 saturated heterocycles. The zero-order valence-electron chi connectivity index (χ0n) is 7.73. The van der Waals surface area contributed by atoms with Gasteiger partial charge in [0.1, 0.15) is 11.9 Å². The molecule has 1 N–H and O–H groups in total. The Kier molecular flexibility index (Phi) is 3.53. The fraction of sp³-hybridized carbons (Fsp3) is 0.273. The van der Waals surface area contributed by atoms with Crippen molar-refractivity contribution in [2.24, 2.45) is 0 Å². The van der Waals surface area contributed by atoms with Crippen molar-refractivity contribution in [2.75, 3.05) is 6.61 Å². The van der Waals surface area contributed by atoms with Crippen LogP contribution in [0.5, 0.6) is 5.75 Å². The van der Waals surface area contributed by atoms with Crippen LogP contribution in [0.25, 0.3) is 0 Å². The Hall–Kier alpha value is -1.28. The summed E-state index contributed by atoms with van der Waals surface area (Å²) in [5.41, 5.74) is 0.763. The number of hydrogen-bond acceptors (Lipinski definition) is 2. The van der Waals surface area contributed by atoms with Gasteiger partial charge in [-0.05, 0) is 13.0 Å². The Morgan fingerprint density at radius 3 is 2.77 bits per heavy atom. The van der Waals surface area contributed by atoms with Crippen LogP contribution in [0.3, 0.4) is 0 Å². The largest absolute Gasteiger partial charge is 0.508 e. The van der Waals surface area contributed by atoms with Crippen LogP contribution in [0.15, 0.2) is 36.9 Å². The molecule has 0 radical (unpaired) electrons. The monoisotopic (exact) mass is 178 g/mol. The number of para-hydroxylation sites is 1. The van der Waals surface area contributed by atoms with Gasteiger partial charge in [0.15, 0.2) is 0 Å². The molecule has 0 aromatic heterocycles. The van der Waals surface area contributed by atoms with Gasteiger partial charge in [0.05, 0.1) is 0 Å². The number of rotatable bonds is 4. The van der Waals surface area contributed by atoms with E-state index in [9.17, 15) is 5.11 Å². The lowest BCUT2D eigenvalue weighted by atomic mass is 10.1. The van der Waals surface area contributed by atoms with Crippen molar-refractivity contribution in [2.45, 2.75) is 13.0 Å². The summed E-state index contributed by atoms with van der Waals surface area (Å²) in [6.45, 7) is 6.18. The second kappa shape index (κ2) is 4.67. The van der Waals surface area contributed by atoms with Crippen LogP contribution < -0.4 is 0 Å². The van der Waals surface area contributed by atoms with Crippen molar-refractivity contribution >= 4 is 0 Å². The Labute approximate surface area is 78.5 Å². The fourth-order valence-electron chi connectivity index (χ4n) is 1.19. The van der Waals surface area contributed by atoms with Crippen molar-refractivity contribution < 1.29 is 9.84 Å². The zero-order valence-corrected chi connectivity index (χ0v) is 7.73. The molecule has 1 rings (SSSR count). The molecule has 2 nitrogen and oxygen atoms in total. The Morgan fingerprint density at radius 2 is 2.23 bits per heavy atom. The van der Waals surface area contributed by atoms with Crippen LogP contribution in [0.2, 0.25) is 0 Å². The van der Waals surface area contributed by atoms with E-state index in [1.54, 1.807) is 18.2 Å². The zero-order chi connectivity index (χ0) is 9.68. The first kappa shape index (κ1) is 9.81. The highest BCUT2D eigenvalue weighted by Crippen LogP contribution is 2.26. The van der Waals surface area contributed by atoms with Crippen LogP contribution in [0.1, 0.15) is 18.6 Å². The van der Waals surface area contributed by atoms with Gasteiger partial charge in [-0.25, -0.2) is 0 Å². The quantitative estimate of drug-likeness (QED) is 0.718. The van der Waals surface area contributed by atoms with Crippen molar-refractivity contribution in [1.29, 1.82) is 0 Å². The van der Waals surface area contributed by atoms with Crippen LogP contribution >= 0.6 is 0 Å². The van der Waals surface area contributed by atoms with Crippen molar-refractivity contribution in [3.63, 3.8) is 0 Å². The molecule has 1 aromatic rings. The SMILES string of the molecule is C=CC(OCC)c1ccccc1O. The first-order valence-electron chi connectivity index (χ1n) is 4.31. The predicted octanol–water partition coefficient (Wildman–Crippen LogP) is 2.66. The van der Waals surface area contributed by atoms with Crippen molar-refractivity contribution in [1.82, 2.24) is 0 Å². The average molecular weight is 178 g/mol. The average Bonchev–Trinajstić information content (AvgIpc) is 2.16. The number of ether oxygens (including phenoxy) is 1. The standard InChI is InChI=1S/C11H14O2/c1-3-11(13-4-2)9-7-5-6-8-10(9)12/h3,5-8,11-12H,1,4H2,2H3. The molecule has 1 aromatic carbocycles. The third-order valence-corrected chi connectivity index (χ3v) is 1.80. The number of benzene rings is 1. The van der Waals surface area contributed by atoms with E-state index in [0.29, 0.717) is 6.61 Å². The van der Waals surface area contributed by atoms with E-state index in [4.69, 9.17) is 4.74 Å². The Morgan fingerprint density at radius 1 is 1.54 bits per heavy atom. The summed E-state index contributed by atoms with van der Waals surface area (Å²) in [5, 5.41) is 9.51. The van der Waals surface area contributed by atoms with Gasteiger partial charge in [0, 0.05) is 12.2 Å². The smallest absolute Gasteiger partial charge is 0.121 e. The van der Waals surface area contributed by atoms with Gasteiger partial charge in [0.25, 0.3) is 0 Å². The van der Waals surface area contributed by atoms with Crippen LogP contribution in [-0.2, 0) is 4.74 Å². The molecule has 0 amide bonds. The third kappa shape index (κ3) is 2.33. The minimum absolute atomic E-state index is 0.216. The first-order chi connectivity index (χ1) is 6.29. The molecule has 0 aliphatic carbocycles. The number of hydrogen-bond donors (Lipinski definition) is 1. The highest BCUT2D eigenvalue weighted by Gasteiger charge is 2.10. The molecule has 0 fully saturated rings. The third-order valence-electron chi connectivity index (χ3n) is 1.80. The molecule has 0 bridgehead atoms. The summed E-state index contributed by atoms with van der Waals surface area (Å²) in [4.78, 5) is 0. The van der Waals surface area contributed by atoms with Gasteiger partial charge in [-0.2, -0.15) is 0 Å². The number of phenolic OH excluding ortho intramolecular Hbond substituents is 1. The number of aromatic hydroxyl groups is 1. The fourth-order valence-corrected chi connectivity index (χ4v) is 1.19. The molecule has 0 spiro atoms. The molecule has 2 heteroatoms. The summed E-state index contributed by atoms with van der Waals surface area (Å²) >= 11 is 0. The van der Waals surface area contributed by atoms with Crippen LogP contribution in [0.4, 0.5) is 0 Å². The molecule has 0 aliphatic rings. The maximum absolute atomic E-state index is 9.51. The van der Waals surface area contributed by atoms with Gasteiger partial charge >= 0.3 is 0 Å². The summed E-state index contributed by atoms with van der Waals surface area (Å²) in [5.74, 6) is 0.251. The van der Waals surface area contributed by atoms with E-state index < -0.39 is 0 Å². The normalized spacial score (nSPS) is 12.4. The van der Waals surface area contributed by atoms with Gasteiger partial charge < -0.3 is 9.84 Å². The molecular weight excluding hydrogens is 164 g/mol. The van der Waals surface area contributed by atoms with Crippen LogP contribution in [0, 0.1) is 0 Å². The highest BCUT2D eigenvalue weighted by molar-refractivity contribution is 5.35. The van der Waals surface area contributed by atoms with Gasteiger partial charge in [-0.1, -0.05) is 24.3 Å². The van der Waals surface area contributed by atoms with Crippen molar-refractivity contribution in [3.05, 3.63) is 42.5 Å². The van der Waals surface area contributed by atoms with E-state index in [0.717, 1.165) is 5.56 Å². The Balaban J connectivity index is 2.90. The minimum atomic E-state index is -0.216. The molecule has 1 unspecified atom stereocenters. The molecule has 0 saturated carbocycles. The molecule has 70 valence electrons. The van der Waals surface area contributed by atoms with Gasteiger partial charge in [-0.3, -0.25) is 0 Å². The van der Waals surface area contributed by atoms with E-state index in [1.807, 2.05) is 19.1 Å². The summed E-state index contributed by atoms with van der Waals surface area (Å²) in [6.07, 6.45) is 1.46. The van der Waals surface area contributed by atoms with E-state index in [2.05, 4.69) is 6.58 Å². The van der Waals surface area contributed by atoms with Gasteiger partial charge in [-0.15, -0.1) is 6.58 Å². The summed E-state index contributed by atoms with van der Waals surface area (Å²) in [7, 11) is 0. The molecular formula is C11H14O2. The first-order valence-corrected chi connectivity index (χ1v) is 4.31. The van der Waals surface area contributed by atoms with E-state index in [-0.39, 0.29) is 11.9 Å². The molecule has 0 heterocycles. The summed E-state index contributed by atoms with van der Waals surface area (Å²) < 4.78 is 5.38. The van der Waals surface area contributed by atoms with E-state index >= 15 is 0 Å². The second-order valence-electron chi connectivity index (χ2n) is 2.67. The molecule has 1 atom stereocenters. The molecule has 0 aliphatic heterocycles. The summed E-state index contributed by atoms with van der Waals surface area (Å²) in [6, 6.07) is 7.12. The lowest BCUT2D eigenvalue weighted by molar-refractivity contribution is 0.0952. The van der Waals surface area contributed by atoms with Gasteiger partial charge in [0.2, 0.25) is 0 Å². The van der Waals surface area contributed by atoms with Crippen LogP contribution in [-0.4, -0.2) is 11.7 Å². The van der Waals surface area contributed by atoms with Crippen molar-refractivity contribution in [3.8, 4) is 5.75 Å². The van der Waals surface area contributed by atoms with E-state index in [1.165, 1.54) is 0 Å². The molecule has 13 heavy (non-hydrogen) atoms. The topological polar surface area (TPSA) is 29.5 Å². The predicted molar refractivity (Wildman–Crippen MR) is 52.7 cm³/mol. The second-order valence-corrected chi connectivity index (χ2v) is 2.67. The lowest BCUT2D eigenvalue weighted by Gasteiger charge is -2.13. The number of phenols is 1.